The molecule has 0 aromatic heterocycles. The fourth-order valence-electron chi connectivity index (χ4n) is 1.59. The Balaban J connectivity index is 2.07. The maximum Gasteiger partial charge on any atom is 0.270 e. The quantitative estimate of drug-likeness (QED) is 0.512. The van der Waals surface area contributed by atoms with Gasteiger partial charge in [-0.2, -0.15) is 0 Å². The number of hydrogen-bond donors (Lipinski definition) is 2. The third kappa shape index (κ3) is 3.45. The minimum absolute atomic E-state index is 0.0601. The van der Waals surface area contributed by atoms with Crippen LogP contribution in [0, 0.1) is 10.1 Å². The summed E-state index contributed by atoms with van der Waals surface area (Å²) in [5.41, 5.74) is 8.28. The van der Waals surface area contributed by atoms with Gasteiger partial charge in [-0.15, -0.1) is 0 Å². The first-order valence-corrected chi connectivity index (χ1v) is 6.38. The Labute approximate surface area is 118 Å². The number of hydrogen-bond acceptors (Lipinski definition) is 4. The third-order valence-corrected chi connectivity index (χ3v) is 3.28. The molecule has 19 heavy (non-hydrogen) atoms. The predicted molar refractivity (Wildman–Crippen MR) is 79.0 cm³/mol. The normalized spacial score (nSPS) is 10.2. The molecule has 0 heterocycles. The molecule has 6 heteroatoms. The molecule has 0 unspecified atom stereocenters. The molecule has 0 amide bonds. The number of rotatable bonds is 4. The highest BCUT2D eigenvalue weighted by Gasteiger charge is 2.08. The minimum atomic E-state index is -0.422. The highest BCUT2D eigenvalue weighted by molar-refractivity contribution is 9.10. The van der Waals surface area contributed by atoms with Gasteiger partial charge in [0.2, 0.25) is 0 Å². The van der Waals surface area contributed by atoms with Crippen molar-refractivity contribution in [1.29, 1.82) is 0 Å². The Morgan fingerprint density at radius 1 is 1.21 bits per heavy atom. The number of nitro benzene ring substituents is 1. The number of nitrogens with one attached hydrogen (secondary N) is 1. The minimum Gasteiger partial charge on any atom is -0.399 e. The lowest BCUT2D eigenvalue weighted by Crippen LogP contribution is -2.00. The van der Waals surface area contributed by atoms with E-state index in [9.17, 15) is 10.1 Å². The summed E-state index contributed by atoms with van der Waals surface area (Å²) in [5, 5.41) is 13.8. The fourth-order valence-corrected chi connectivity index (χ4v) is 2.10. The molecular weight excluding hydrogens is 310 g/mol. The monoisotopic (exact) mass is 321 g/mol. The first-order chi connectivity index (χ1) is 9.06. The van der Waals surface area contributed by atoms with E-state index in [1.54, 1.807) is 6.07 Å². The van der Waals surface area contributed by atoms with Crippen LogP contribution in [0.2, 0.25) is 0 Å². The Bertz CT molecular complexity index is 599. The summed E-state index contributed by atoms with van der Waals surface area (Å²) in [4.78, 5) is 10.2. The van der Waals surface area contributed by atoms with E-state index >= 15 is 0 Å². The van der Waals surface area contributed by atoms with Crippen LogP contribution in [0.4, 0.5) is 17.1 Å². The molecule has 0 fully saturated rings. The molecule has 0 saturated heterocycles. The zero-order valence-electron chi connectivity index (χ0n) is 9.97. The second-order valence-electron chi connectivity index (χ2n) is 4.02. The highest BCUT2D eigenvalue weighted by atomic mass is 79.9. The van der Waals surface area contributed by atoms with Crippen LogP contribution < -0.4 is 11.1 Å². The molecule has 2 rings (SSSR count). The molecule has 5 nitrogen and oxygen atoms in total. The Kier molecular flexibility index (Phi) is 4.01. The lowest BCUT2D eigenvalue weighted by atomic mass is 10.2. The molecular formula is C13H12BrN3O2. The number of nitrogens with zero attached hydrogens (tertiary/aromatic N) is 1. The van der Waals surface area contributed by atoms with E-state index in [2.05, 4.69) is 21.2 Å². The number of anilines is 2. The van der Waals surface area contributed by atoms with Gasteiger partial charge in [-0.1, -0.05) is 12.1 Å². The van der Waals surface area contributed by atoms with Crippen LogP contribution in [-0.4, -0.2) is 4.92 Å². The van der Waals surface area contributed by atoms with Gasteiger partial charge in [0.05, 0.1) is 4.92 Å². The van der Waals surface area contributed by atoms with Crippen molar-refractivity contribution in [2.24, 2.45) is 0 Å². The zero-order chi connectivity index (χ0) is 13.8. The average Bonchev–Trinajstić information content (AvgIpc) is 2.39. The van der Waals surface area contributed by atoms with Gasteiger partial charge >= 0.3 is 0 Å². The number of benzene rings is 2. The van der Waals surface area contributed by atoms with Gasteiger partial charge in [-0.05, 0) is 39.7 Å². The van der Waals surface area contributed by atoms with Gasteiger partial charge < -0.3 is 11.1 Å². The van der Waals surface area contributed by atoms with E-state index in [0.717, 1.165) is 16.9 Å². The van der Waals surface area contributed by atoms with E-state index < -0.39 is 4.92 Å². The summed E-state index contributed by atoms with van der Waals surface area (Å²) in [6, 6.07) is 12.2. The number of halogens is 1. The molecule has 0 aliphatic heterocycles. The summed E-state index contributed by atoms with van der Waals surface area (Å²) < 4.78 is 0.664. The van der Waals surface area contributed by atoms with Gasteiger partial charge in [0.15, 0.2) is 0 Å². The fraction of sp³-hybridized carbons (Fsp3) is 0.0769. The van der Waals surface area contributed by atoms with Gasteiger partial charge in [0.1, 0.15) is 0 Å². The van der Waals surface area contributed by atoms with Crippen molar-refractivity contribution in [3.8, 4) is 0 Å². The van der Waals surface area contributed by atoms with Crippen LogP contribution in [-0.2, 0) is 6.54 Å². The van der Waals surface area contributed by atoms with Crippen LogP contribution >= 0.6 is 15.9 Å². The molecule has 0 saturated carbocycles. The zero-order valence-corrected chi connectivity index (χ0v) is 11.6. The molecule has 2 aromatic rings. The number of nitrogen functional groups attached to an aromatic ring is 1. The van der Waals surface area contributed by atoms with Crippen LogP contribution in [0.15, 0.2) is 46.9 Å². The molecule has 0 aliphatic carbocycles. The number of nitro groups is 1. The van der Waals surface area contributed by atoms with Crippen molar-refractivity contribution in [2.45, 2.75) is 6.54 Å². The van der Waals surface area contributed by atoms with E-state index in [-0.39, 0.29) is 5.69 Å². The van der Waals surface area contributed by atoms with Gasteiger partial charge in [0.25, 0.3) is 5.69 Å². The van der Waals surface area contributed by atoms with Crippen molar-refractivity contribution in [2.75, 3.05) is 11.1 Å². The molecule has 0 spiro atoms. The molecule has 2 aromatic carbocycles. The lowest BCUT2D eigenvalue weighted by Gasteiger charge is -2.08. The Morgan fingerprint density at radius 3 is 2.47 bits per heavy atom. The van der Waals surface area contributed by atoms with E-state index in [4.69, 9.17) is 5.73 Å². The molecule has 0 atom stereocenters. The first-order valence-electron chi connectivity index (χ1n) is 5.58. The molecule has 0 bridgehead atoms. The highest BCUT2D eigenvalue weighted by Crippen LogP contribution is 2.27. The van der Waals surface area contributed by atoms with Gasteiger partial charge in [-0.3, -0.25) is 10.1 Å². The third-order valence-electron chi connectivity index (χ3n) is 2.63. The second-order valence-corrected chi connectivity index (χ2v) is 4.87. The van der Waals surface area contributed by atoms with Crippen molar-refractivity contribution in [3.05, 3.63) is 62.6 Å². The van der Waals surface area contributed by atoms with Crippen LogP contribution in [0.3, 0.4) is 0 Å². The molecule has 0 radical (unpaired) electrons. The van der Waals surface area contributed by atoms with Crippen molar-refractivity contribution in [3.63, 3.8) is 0 Å². The summed E-state index contributed by atoms with van der Waals surface area (Å²) in [6.45, 7) is 0.622. The van der Waals surface area contributed by atoms with E-state index in [1.165, 1.54) is 12.1 Å². The smallest absolute Gasteiger partial charge is 0.270 e. The van der Waals surface area contributed by atoms with Crippen LogP contribution in [0.25, 0.3) is 0 Å². The molecule has 98 valence electrons. The van der Waals surface area contributed by atoms with Gasteiger partial charge in [0, 0.05) is 34.5 Å². The lowest BCUT2D eigenvalue weighted by molar-refractivity contribution is -0.384. The topological polar surface area (TPSA) is 81.2 Å². The van der Waals surface area contributed by atoms with Crippen molar-refractivity contribution in [1.82, 2.24) is 0 Å². The van der Waals surface area contributed by atoms with Crippen molar-refractivity contribution >= 4 is 33.0 Å². The number of nitrogens with two attached hydrogens (primary N) is 1. The summed E-state index contributed by atoms with van der Waals surface area (Å²) in [5.74, 6) is 0. The predicted octanol–water partition coefficient (Wildman–Crippen LogP) is 3.55. The van der Waals surface area contributed by atoms with E-state index in [1.807, 2.05) is 24.3 Å². The maximum absolute atomic E-state index is 10.6. The largest absolute Gasteiger partial charge is 0.399 e. The van der Waals surface area contributed by atoms with E-state index in [0.29, 0.717) is 11.0 Å². The number of non-ortho nitro benzene ring substituents is 1. The SMILES string of the molecule is Nc1ccc(CNc2ccc([N+](=O)[O-])cc2Br)cc1. The average molecular weight is 322 g/mol. The van der Waals surface area contributed by atoms with Gasteiger partial charge in [-0.25, -0.2) is 0 Å². The maximum atomic E-state index is 10.6. The Morgan fingerprint density at radius 2 is 1.89 bits per heavy atom. The first kappa shape index (κ1) is 13.4. The summed E-state index contributed by atoms with van der Waals surface area (Å²) in [6.07, 6.45) is 0. The standard InChI is InChI=1S/C13H12BrN3O2/c14-12-7-11(17(18)19)5-6-13(12)16-8-9-1-3-10(15)4-2-9/h1-7,16H,8,15H2. The van der Waals surface area contributed by atoms with Crippen LogP contribution in [0.1, 0.15) is 5.56 Å². The second kappa shape index (κ2) is 5.71. The molecule has 0 aliphatic rings. The van der Waals surface area contributed by atoms with Crippen molar-refractivity contribution < 1.29 is 4.92 Å². The Hall–Kier alpha value is -2.08. The molecule has 3 N–H and O–H groups in total. The summed E-state index contributed by atoms with van der Waals surface area (Å²) in [7, 11) is 0. The van der Waals surface area contributed by atoms with Crippen LogP contribution in [0.5, 0.6) is 0 Å². The summed E-state index contributed by atoms with van der Waals surface area (Å²) >= 11 is 3.31.